The van der Waals surface area contributed by atoms with Crippen LogP contribution in [0.5, 0.6) is 0 Å². The molecule has 2 aromatic carbocycles. The normalized spacial score (nSPS) is 11.5. The second-order valence-electron chi connectivity index (χ2n) is 5.98. The number of aliphatic hydroxyl groups excluding tert-OH is 1. The number of halogens is 3. The van der Waals surface area contributed by atoms with Crippen molar-refractivity contribution >= 4 is 15.8 Å². The van der Waals surface area contributed by atoms with E-state index in [-0.39, 0.29) is 12.4 Å². The average molecular weight is 427 g/mol. The summed E-state index contributed by atoms with van der Waals surface area (Å²) in [6.45, 7) is 3.87. The zero-order valence-corrected chi connectivity index (χ0v) is 16.5. The van der Waals surface area contributed by atoms with Crippen LogP contribution in [-0.2, 0) is 16.2 Å². The van der Waals surface area contributed by atoms with E-state index in [1.807, 2.05) is 31.2 Å². The summed E-state index contributed by atoms with van der Waals surface area (Å²) in [6.07, 6.45) is -4.63. The van der Waals surface area contributed by atoms with Gasteiger partial charge in [-0.3, -0.25) is 9.82 Å². The van der Waals surface area contributed by atoms with Crippen LogP contribution in [0.2, 0.25) is 0 Å². The molecule has 0 amide bonds. The van der Waals surface area contributed by atoms with E-state index in [2.05, 4.69) is 14.9 Å². The lowest BCUT2D eigenvalue weighted by Crippen LogP contribution is -2.14. The molecule has 29 heavy (non-hydrogen) atoms. The fourth-order valence-corrected chi connectivity index (χ4v) is 3.33. The van der Waals surface area contributed by atoms with Gasteiger partial charge in [0.2, 0.25) is 0 Å². The van der Waals surface area contributed by atoms with Crippen LogP contribution in [0, 0.1) is 6.92 Å². The van der Waals surface area contributed by atoms with Crippen LogP contribution in [-0.4, -0.2) is 30.3 Å². The number of hydrogen-bond donors (Lipinski definition) is 3. The standard InChI is InChI=1S/C17H14F3N3O2S.C2H6O/c1-11-5-7-12(8-6-11)15-10-16(22-21-15)23-26(24,25)14-4-2-3-13(9-14)17(18,19)20;1-2-3/h2-10H,1H3,(H2,21,22,23);3H,2H2,1H3. The molecule has 156 valence electrons. The van der Waals surface area contributed by atoms with Crippen molar-refractivity contribution in [2.24, 2.45) is 0 Å². The number of H-pyrrole nitrogens is 1. The highest BCUT2D eigenvalue weighted by Crippen LogP contribution is 2.31. The molecule has 0 aliphatic rings. The Hall–Kier alpha value is -2.85. The SMILES string of the molecule is CCO.Cc1ccc(-c2cc(NS(=O)(=O)c3cccc(C(F)(F)F)c3)n[nH]2)cc1. The van der Waals surface area contributed by atoms with Gasteiger partial charge in [0.15, 0.2) is 5.82 Å². The molecule has 3 rings (SSSR count). The minimum absolute atomic E-state index is 0.0158. The number of sulfonamides is 1. The highest BCUT2D eigenvalue weighted by Gasteiger charge is 2.31. The van der Waals surface area contributed by atoms with Crippen molar-refractivity contribution in [3.63, 3.8) is 0 Å². The summed E-state index contributed by atoms with van der Waals surface area (Å²) in [7, 11) is -4.20. The first-order valence-electron chi connectivity index (χ1n) is 8.50. The number of nitrogens with one attached hydrogen (secondary N) is 2. The van der Waals surface area contributed by atoms with E-state index in [0.717, 1.165) is 29.3 Å². The van der Waals surface area contributed by atoms with Gasteiger partial charge < -0.3 is 5.11 Å². The summed E-state index contributed by atoms with van der Waals surface area (Å²) in [6, 6.07) is 12.5. The zero-order valence-electron chi connectivity index (χ0n) is 15.7. The summed E-state index contributed by atoms with van der Waals surface area (Å²) in [5.74, 6) is -0.0158. The summed E-state index contributed by atoms with van der Waals surface area (Å²) in [4.78, 5) is -0.493. The van der Waals surface area contributed by atoms with Crippen molar-refractivity contribution in [1.29, 1.82) is 0 Å². The molecule has 0 unspecified atom stereocenters. The molecule has 3 aromatic rings. The highest BCUT2D eigenvalue weighted by molar-refractivity contribution is 7.92. The van der Waals surface area contributed by atoms with Crippen LogP contribution in [0.25, 0.3) is 11.3 Å². The molecule has 0 saturated carbocycles. The smallest absolute Gasteiger partial charge is 0.397 e. The van der Waals surface area contributed by atoms with E-state index in [1.54, 1.807) is 6.92 Å². The van der Waals surface area contributed by atoms with E-state index < -0.39 is 26.7 Å². The lowest BCUT2D eigenvalue weighted by molar-refractivity contribution is -0.137. The largest absolute Gasteiger partial charge is 0.416 e. The van der Waals surface area contributed by atoms with Gasteiger partial charge in [-0.15, -0.1) is 0 Å². The van der Waals surface area contributed by atoms with Crippen LogP contribution >= 0.6 is 0 Å². The van der Waals surface area contributed by atoms with E-state index in [1.165, 1.54) is 6.07 Å². The number of aliphatic hydroxyl groups is 1. The highest BCUT2D eigenvalue weighted by atomic mass is 32.2. The number of rotatable bonds is 4. The first-order valence-corrected chi connectivity index (χ1v) is 9.98. The van der Waals surface area contributed by atoms with E-state index in [9.17, 15) is 21.6 Å². The fraction of sp³-hybridized carbons (Fsp3) is 0.211. The molecular formula is C19H20F3N3O3S. The number of benzene rings is 2. The molecule has 0 spiro atoms. The first-order chi connectivity index (χ1) is 13.6. The van der Waals surface area contributed by atoms with Crippen molar-refractivity contribution in [3.8, 4) is 11.3 Å². The van der Waals surface area contributed by atoms with Crippen LogP contribution in [0.1, 0.15) is 18.1 Å². The molecule has 1 aromatic heterocycles. The fourth-order valence-electron chi connectivity index (χ4n) is 2.29. The Labute approximate surface area is 166 Å². The molecule has 10 heteroatoms. The molecule has 0 fully saturated rings. The predicted molar refractivity (Wildman–Crippen MR) is 104 cm³/mol. The molecule has 0 bridgehead atoms. The van der Waals surface area contributed by atoms with Gasteiger partial charge in [0, 0.05) is 12.7 Å². The van der Waals surface area contributed by atoms with Crippen LogP contribution in [0.4, 0.5) is 19.0 Å². The van der Waals surface area contributed by atoms with Gasteiger partial charge >= 0.3 is 6.18 Å². The van der Waals surface area contributed by atoms with Gasteiger partial charge in [-0.25, -0.2) is 8.42 Å². The van der Waals surface area contributed by atoms with E-state index in [0.29, 0.717) is 11.8 Å². The average Bonchev–Trinajstić information content (AvgIpc) is 3.10. The number of nitrogens with zero attached hydrogens (tertiary/aromatic N) is 1. The molecule has 1 heterocycles. The molecular weight excluding hydrogens is 407 g/mol. The quantitative estimate of drug-likeness (QED) is 0.582. The minimum Gasteiger partial charge on any atom is -0.397 e. The number of aryl methyl sites for hydroxylation is 1. The maximum Gasteiger partial charge on any atom is 0.416 e. The molecule has 3 N–H and O–H groups in total. The molecule has 6 nitrogen and oxygen atoms in total. The van der Waals surface area contributed by atoms with Gasteiger partial charge in [-0.2, -0.15) is 18.3 Å². The van der Waals surface area contributed by atoms with E-state index in [4.69, 9.17) is 5.11 Å². The second-order valence-corrected chi connectivity index (χ2v) is 7.66. The number of aromatic amines is 1. The Balaban J connectivity index is 0.000000941. The maximum atomic E-state index is 12.8. The lowest BCUT2D eigenvalue weighted by Gasteiger charge is -2.09. The molecule has 0 aliphatic heterocycles. The summed E-state index contributed by atoms with van der Waals surface area (Å²) in [5.41, 5.74) is 1.40. The van der Waals surface area contributed by atoms with Crippen molar-refractivity contribution in [2.75, 3.05) is 11.3 Å². The van der Waals surface area contributed by atoms with Gasteiger partial charge in [-0.05, 0) is 37.6 Å². The third kappa shape index (κ3) is 6.06. The Kier molecular flexibility index (Phi) is 7.04. The Morgan fingerprint density at radius 2 is 1.72 bits per heavy atom. The number of aromatic nitrogens is 2. The van der Waals surface area contributed by atoms with E-state index >= 15 is 0 Å². The number of hydrogen-bond acceptors (Lipinski definition) is 4. The van der Waals surface area contributed by atoms with Crippen molar-refractivity contribution < 1.29 is 26.7 Å². The van der Waals surface area contributed by atoms with Crippen LogP contribution < -0.4 is 4.72 Å². The van der Waals surface area contributed by atoms with Gasteiger partial charge in [0.1, 0.15) is 0 Å². The summed E-state index contributed by atoms with van der Waals surface area (Å²) in [5, 5.41) is 14.1. The molecule has 0 saturated heterocycles. The lowest BCUT2D eigenvalue weighted by atomic mass is 10.1. The topological polar surface area (TPSA) is 95.1 Å². The minimum atomic E-state index is -4.63. The third-order valence-electron chi connectivity index (χ3n) is 3.65. The predicted octanol–water partition coefficient (Wildman–Crippen LogP) is 4.20. The van der Waals surface area contributed by atoms with Gasteiger partial charge in [0.05, 0.1) is 16.2 Å². The summed E-state index contributed by atoms with van der Waals surface area (Å²) >= 11 is 0. The molecule has 0 atom stereocenters. The van der Waals surface area contributed by atoms with Crippen LogP contribution in [0.15, 0.2) is 59.5 Å². The zero-order chi connectivity index (χ0) is 21.7. The van der Waals surface area contributed by atoms with Gasteiger partial charge in [0.25, 0.3) is 10.0 Å². The second kappa shape index (κ2) is 9.10. The molecule has 0 radical (unpaired) electrons. The Morgan fingerprint density at radius 3 is 2.31 bits per heavy atom. The molecule has 0 aliphatic carbocycles. The van der Waals surface area contributed by atoms with Crippen LogP contribution in [0.3, 0.4) is 0 Å². The Morgan fingerprint density at radius 1 is 1.10 bits per heavy atom. The Bertz CT molecular complexity index is 1050. The maximum absolute atomic E-state index is 12.8. The van der Waals surface area contributed by atoms with Gasteiger partial charge in [-0.1, -0.05) is 35.9 Å². The first kappa shape index (κ1) is 22.4. The summed E-state index contributed by atoms with van der Waals surface area (Å²) < 4.78 is 65.2. The van der Waals surface area contributed by atoms with Crippen molar-refractivity contribution in [3.05, 3.63) is 65.7 Å². The third-order valence-corrected chi connectivity index (χ3v) is 5.00. The van der Waals surface area contributed by atoms with Crippen molar-refractivity contribution in [2.45, 2.75) is 24.9 Å². The monoisotopic (exact) mass is 427 g/mol. The number of anilines is 1. The number of alkyl halides is 3. The van der Waals surface area contributed by atoms with Crippen molar-refractivity contribution in [1.82, 2.24) is 10.2 Å².